The van der Waals surface area contributed by atoms with E-state index in [2.05, 4.69) is 10.3 Å². The third-order valence-electron chi connectivity index (χ3n) is 3.10. The fourth-order valence-corrected chi connectivity index (χ4v) is 2.21. The van der Waals surface area contributed by atoms with Gasteiger partial charge in [-0.2, -0.15) is 0 Å². The van der Waals surface area contributed by atoms with E-state index in [1.807, 2.05) is 6.92 Å². The number of nitrogens with one attached hydrogen (secondary N) is 1. The maximum absolute atomic E-state index is 12.1. The predicted octanol–water partition coefficient (Wildman–Crippen LogP) is 0.936. The highest BCUT2D eigenvalue weighted by molar-refractivity contribution is 7.80. The number of imide groups is 1. The highest BCUT2D eigenvalue weighted by Gasteiger charge is 2.37. The molecule has 2 heterocycles. The van der Waals surface area contributed by atoms with E-state index in [0.29, 0.717) is 12.1 Å². The standard InChI is InChI=1S/C13H16N4O2S/c1-2-3-9-12(18)17(13(19)16-9)7-8-4-5-15-10(6-8)11(14)20/h4-6,9H,2-3,7H2,1H3,(H2,14,20)(H,16,19). The molecule has 1 fully saturated rings. The quantitative estimate of drug-likeness (QED) is 0.623. The van der Waals surface area contributed by atoms with Crippen LogP contribution in [0, 0.1) is 0 Å². The van der Waals surface area contributed by atoms with Gasteiger partial charge in [0.15, 0.2) is 0 Å². The van der Waals surface area contributed by atoms with Gasteiger partial charge in [0, 0.05) is 6.20 Å². The molecule has 1 aromatic heterocycles. The van der Waals surface area contributed by atoms with Gasteiger partial charge in [-0.25, -0.2) is 4.79 Å². The fourth-order valence-electron chi connectivity index (χ4n) is 2.10. The van der Waals surface area contributed by atoms with Crippen LogP contribution >= 0.6 is 12.2 Å². The average Bonchev–Trinajstić information content (AvgIpc) is 2.67. The van der Waals surface area contributed by atoms with Crippen molar-refractivity contribution < 1.29 is 9.59 Å². The van der Waals surface area contributed by atoms with E-state index >= 15 is 0 Å². The summed E-state index contributed by atoms with van der Waals surface area (Å²) in [6.45, 7) is 2.17. The third-order valence-corrected chi connectivity index (χ3v) is 3.31. The summed E-state index contributed by atoms with van der Waals surface area (Å²) in [6, 6.07) is 2.65. The highest BCUT2D eigenvalue weighted by atomic mass is 32.1. The van der Waals surface area contributed by atoms with Crippen LogP contribution in [0.1, 0.15) is 31.0 Å². The summed E-state index contributed by atoms with van der Waals surface area (Å²) in [5.41, 5.74) is 6.76. The summed E-state index contributed by atoms with van der Waals surface area (Å²) in [7, 11) is 0. The summed E-state index contributed by atoms with van der Waals surface area (Å²) in [4.78, 5) is 29.3. The molecule has 0 spiro atoms. The van der Waals surface area contributed by atoms with Crippen molar-refractivity contribution in [1.29, 1.82) is 0 Å². The molecular formula is C13H16N4O2S. The molecule has 0 radical (unpaired) electrons. The zero-order valence-corrected chi connectivity index (χ0v) is 11.9. The van der Waals surface area contributed by atoms with Crippen molar-refractivity contribution in [2.24, 2.45) is 5.73 Å². The summed E-state index contributed by atoms with van der Waals surface area (Å²) in [6.07, 6.45) is 3.05. The Morgan fingerprint density at radius 3 is 2.95 bits per heavy atom. The van der Waals surface area contributed by atoms with Crippen LogP contribution in [0.3, 0.4) is 0 Å². The normalized spacial score (nSPS) is 18.2. The highest BCUT2D eigenvalue weighted by Crippen LogP contribution is 2.15. The second-order valence-electron chi connectivity index (χ2n) is 4.63. The summed E-state index contributed by atoms with van der Waals surface area (Å²) < 4.78 is 0. The van der Waals surface area contributed by atoms with E-state index in [1.54, 1.807) is 18.3 Å². The molecule has 7 heteroatoms. The number of pyridine rings is 1. The number of carbonyl (C=O) groups is 2. The SMILES string of the molecule is CCCC1NC(=O)N(Cc2ccnc(C(N)=S)c2)C1=O. The van der Waals surface area contributed by atoms with Crippen molar-refractivity contribution in [2.45, 2.75) is 32.4 Å². The summed E-state index contributed by atoms with van der Waals surface area (Å²) in [5, 5.41) is 2.68. The summed E-state index contributed by atoms with van der Waals surface area (Å²) in [5.74, 6) is -0.189. The van der Waals surface area contributed by atoms with Crippen LogP contribution < -0.4 is 11.1 Å². The molecule has 2 rings (SSSR count). The lowest BCUT2D eigenvalue weighted by Gasteiger charge is -2.13. The van der Waals surface area contributed by atoms with Crippen LogP contribution in [0.2, 0.25) is 0 Å². The maximum atomic E-state index is 12.1. The Kier molecular flexibility index (Phi) is 4.29. The second kappa shape index (κ2) is 5.96. The Balaban J connectivity index is 2.13. The lowest BCUT2D eigenvalue weighted by Crippen LogP contribution is -2.31. The number of aromatic nitrogens is 1. The van der Waals surface area contributed by atoms with Gasteiger partial charge in [0.1, 0.15) is 11.0 Å². The van der Waals surface area contributed by atoms with E-state index in [4.69, 9.17) is 18.0 Å². The predicted molar refractivity (Wildman–Crippen MR) is 77.9 cm³/mol. The number of thiocarbonyl (C=S) groups is 1. The van der Waals surface area contributed by atoms with Gasteiger partial charge in [0.05, 0.1) is 12.2 Å². The van der Waals surface area contributed by atoms with Crippen LogP contribution in [0.25, 0.3) is 0 Å². The molecule has 1 unspecified atom stereocenters. The van der Waals surface area contributed by atoms with Gasteiger partial charge in [-0.1, -0.05) is 25.6 Å². The minimum absolute atomic E-state index is 0.188. The number of nitrogens with two attached hydrogens (primary N) is 1. The van der Waals surface area contributed by atoms with Crippen LogP contribution in [0.15, 0.2) is 18.3 Å². The minimum atomic E-state index is -0.413. The Morgan fingerprint density at radius 1 is 1.55 bits per heavy atom. The monoisotopic (exact) mass is 292 g/mol. The maximum Gasteiger partial charge on any atom is 0.325 e. The minimum Gasteiger partial charge on any atom is -0.388 e. The van der Waals surface area contributed by atoms with Gasteiger partial charge < -0.3 is 11.1 Å². The van der Waals surface area contributed by atoms with Crippen molar-refractivity contribution in [3.05, 3.63) is 29.6 Å². The van der Waals surface area contributed by atoms with Crippen molar-refractivity contribution in [3.8, 4) is 0 Å². The van der Waals surface area contributed by atoms with Gasteiger partial charge in [-0.05, 0) is 24.1 Å². The molecule has 106 valence electrons. The number of hydrogen-bond acceptors (Lipinski definition) is 4. The molecule has 0 aliphatic carbocycles. The number of nitrogens with zero attached hydrogens (tertiary/aromatic N) is 2. The molecule has 0 aromatic carbocycles. The first-order chi connectivity index (χ1) is 9.52. The Bertz CT molecular complexity index is 561. The Morgan fingerprint density at radius 2 is 2.30 bits per heavy atom. The number of rotatable bonds is 5. The van der Waals surface area contributed by atoms with Gasteiger partial charge >= 0.3 is 6.03 Å². The lowest BCUT2D eigenvalue weighted by atomic mass is 10.1. The molecule has 20 heavy (non-hydrogen) atoms. The molecular weight excluding hydrogens is 276 g/mol. The van der Waals surface area contributed by atoms with Gasteiger partial charge in [-0.3, -0.25) is 14.7 Å². The Labute approximate surface area is 122 Å². The van der Waals surface area contributed by atoms with E-state index in [0.717, 1.165) is 12.0 Å². The topological polar surface area (TPSA) is 88.3 Å². The van der Waals surface area contributed by atoms with Crippen molar-refractivity contribution in [1.82, 2.24) is 15.2 Å². The number of carbonyl (C=O) groups excluding carboxylic acids is 2. The van der Waals surface area contributed by atoms with Gasteiger partial charge in [0.2, 0.25) is 0 Å². The second-order valence-corrected chi connectivity index (χ2v) is 5.07. The van der Waals surface area contributed by atoms with E-state index < -0.39 is 6.04 Å². The molecule has 6 nitrogen and oxygen atoms in total. The first kappa shape index (κ1) is 14.4. The summed E-state index contributed by atoms with van der Waals surface area (Å²) >= 11 is 4.86. The zero-order chi connectivity index (χ0) is 14.7. The molecule has 3 N–H and O–H groups in total. The first-order valence-corrected chi connectivity index (χ1v) is 6.80. The van der Waals surface area contributed by atoms with Gasteiger partial charge in [0.25, 0.3) is 5.91 Å². The third kappa shape index (κ3) is 2.93. The molecule has 1 aliphatic heterocycles. The largest absolute Gasteiger partial charge is 0.388 e. The Hall–Kier alpha value is -2.02. The molecule has 3 amide bonds. The molecule has 1 aromatic rings. The number of amides is 3. The zero-order valence-electron chi connectivity index (χ0n) is 11.1. The van der Waals surface area contributed by atoms with Crippen LogP contribution in [0.4, 0.5) is 4.79 Å². The van der Waals surface area contributed by atoms with Crippen LogP contribution in [-0.2, 0) is 11.3 Å². The van der Waals surface area contributed by atoms with Crippen molar-refractivity contribution in [3.63, 3.8) is 0 Å². The smallest absolute Gasteiger partial charge is 0.325 e. The van der Waals surface area contributed by atoms with E-state index in [1.165, 1.54) is 4.90 Å². The van der Waals surface area contributed by atoms with E-state index in [-0.39, 0.29) is 23.5 Å². The van der Waals surface area contributed by atoms with Crippen LogP contribution in [-0.4, -0.2) is 32.9 Å². The molecule has 1 saturated heterocycles. The number of hydrogen-bond donors (Lipinski definition) is 2. The van der Waals surface area contributed by atoms with Crippen molar-refractivity contribution >= 4 is 29.1 Å². The molecule has 1 atom stereocenters. The lowest BCUT2D eigenvalue weighted by molar-refractivity contribution is -0.128. The van der Waals surface area contributed by atoms with Crippen molar-refractivity contribution in [2.75, 3.05) is 0 Å². The average molecular weight is 292 g/mol. The molecule has 0 saturated carbocycles. The molecule has 1 aliphatic rings. The first-order valence-electron chi connectivity index (χ1n) is 6.39. The number of urea groups is 1. The van der Waals surface area contributed by atoms with E-state index in [9.17, 15) is 9.59 Å². The van der Waals surface area contributed by atoms with Crippen LogP contribution in [0.5, 0.6) is 0 Å². The fraction of sp³-hybridized carbons (Fsp3) is 0.385. The van der Waals surface area contributed by atoms with Gasteiger partial charge in [-0.15, -0.1) is 0 Å². The molecule has 0 bridgehead atoms.